The Hall–Kier alpha value is -1.82. The van der Waals surface area contributed by atoms with E-state index in [1.165, 1.54) is 10.8 Å². The smallest absolute Gasteiger partial charge is 0.328 e. The van der Waals surface area contributed by atoms with Gasteiger partial charge in [-0.25, -0.2) is 4.79 Å². The van der Waals surface area contributed by atoms with Crippen molar-refractivity contribution < 1.29 is 0 Å². The molecule has 5 nitrogen and oxygen atoms in total. The van der Waals surface area contributed by atoms with E-state index in [0.29, 0.717) is 16.7 Å². The van der Waals surface area contributed by atoms with E-state index in [1.807, 2.05) is 12.1 Å². The summed E-state index contributed by atoms with van der Waals surface area (Å²) in [6.45, 7) is 0.360. The number of hydrogen-bond donors (Lipinski definition) is 2. The molecule has 0 aliphatic heterocycles. The molecule has 0 radical (unpaired) electrons. The molecule has 0 fully saturated rings. The molecule has 2 aromatic rings. The molecule has 0 saturated carbocycles. The highest BCUT2D eigenvalue weighted by atomic mass is 79.9. The molecular formula is C11H10BrN3O2. The van der Waals surface area contributed by atoms with Gasteiger partial charge in [-0.1, -0.05) is 12.1 Å². The Balaban J connectivity index is 2.40. The Morgan fingerprint density at radius 2 is 2.12 bits per heavy atom. The monoisotopic (exact) mass is 295 g/mol. The van der Waals surface area contributed by atoms with Gasteiger partial charge in [0.2, 0.25) is 0 Å². The summed E-state index contributed by atoms with van der Waals surface area (Å²) < 4.78 is 1.72. The number of nitrogens with zero attached hydrogens (tertiary/aromatic N) is 1. The first-order valence-corrected chi connectivity index (χ1v) is 5.69. The van der Waals surface area contributed by atoms with Crippen molar-refractivity contribution in [3.63, 3.8) is 0 Å². The van der Waals surface area contributed by atoms with Gasteiger partial charge in [0.1, 0.15) is 0 Å². The van der Waals surface area contributed by atoms with Crippen molar-refractivity contribution in [2.45, 2.75) is 6.54 Å². The van der Waals surface area contributed by atoms with Crippen LogP contribution in [0.25, 0.3) is 0 Å². The second kappa shape index (κ2) is 4.58. The summed E-state index contributed by atoms with van der Waals surface area (Å²) in [5, 5.41) is 0. The van der Waals surface area contributed by atoms with Crippen LogP contribution in [0.5, 0.6) is 0 Å². The van der Waals surface area contributed by atoms with Gasteiger partial charge in [-0.3, -0.25) is 14.3 Å². The zero-order chi connectivity index (χ0) is 12.4. The van der Waals surface area contributed by atoms with E-state index < -0.39 is 11.2 Å². The number of H-pyrrole nitrogens is 1. The zero-order valence-corrected chi connectivity index (χ0v) is 10.4. The van der Waals surface area contributed by atoms with E-state index in [-0.39, 0.29) is 0 Å². The summed E-state index contributed by atoms with van der Waals surface area (Å²) >= 11 is 3.08. The maximum atomic E-state index is 11.5. The van der Waals surface area contributed by atoms with Gasteiger partial charge in [-0.05, 0) is 33.6 Å². The maximum absolute atomic E-state index is 11.5. The first-order valence-electron chi connectivity index (χ1n) is 4.90. The zero-order valence-electron chi connectivity index (χ0n) is 8.81. The summed E-state index contributed by atoms with van der Waals surface area (Å²) in [5.41, 5.74) is 6.31. The molecule has 1 aromatic heterocycles. The first kappa shape index (κ1) is 11.7. The topological polar surface area (TPSA) is 80.9 Å². The fraction of sp³-hybridized carbons (Fsp3) is 0.0909. The maximum Gasteiger partial charge on any atom is 0.328 e. The van der Waals surface area contributed by atoms with Crippen LogP contribution in [0.15, 0.2) is 44.5 Å². The second-order valence-corrected chi connectivity index (χ2v) is 4.46. The summed E-state index contributed by atoms with van der Waals surface area (Å²) in [6, 6.07) is 7.23. The van der Waals surface area contributed by atoms with E-state index in [1.54, 1.807) is 12.1 Å². The van der Waals surface area contributed by atoms with Gasteiger partial charge >= 0.3 is 5.69 Å². The number of nitrogen functional groups attached to an aromatic ring is 1. The third-order valence-electron chi connectivity index (χ3n) is 2.27. The minimum atomic E-state index is -0.444. The molecule has 2 rings (SSSR count). The average molecular weight is 296 g/mol. The van der Waals surface area contributed by atoms with Crippen LogP contribution < -0.4 is 17.0 Å². The third-order valence-corrected chi connectivity index (χ3v) is 2.84. The van der Waals surface area contributed by atoms with Gasteiger partial charge in [0.25, 0.3) is 5.56 Å². The van der Waals surface area contributed by atoms with E-state index in [9.17, 15) is 9.59 Å². The predicted octanol–water partition coefficient (Wildman–Crippen LogP) is 0.930. The lowest BCUT2D eigenvalue weighted by molar-refractivity contribution is 0.716. The van der Waals surface area contributed by atoms with Gasteiger partial charge in [-0.2, -0.15) is 0 Å². The lowest BCUT2D eigenvalue weighted by Gasteiger charge is -2.06. The summed E-state index contributed by atoms with van der Waals surface area (Å²) in [6.07, 6.45) is 1.46. The normalized spacial score (nSPS) is 10.4. The summed E-state index contributed by atoms with van der Waals surface area (Å²) in [5.74, 6) is 0. The molecular weight excluding hydrogens is 286 g/mol. The van der Waals surface area contributed by atoms with Crippen molar-refractivity contribution >= 4 is 21.6 Å². The number of nitrogens with two attached hydrogens (primary N) is 1. The molecule has 1 heterocycles. The number of aromatic nitrogens is 2. The van der Waals surface area contributed by atoms with Gasteiger partial charge in [0.05, 0.1) is 11.0 Å². The predicted molar refractivity (Wildman–Crippen MR) is 69.0 cm³/mol. The minimum absolute atomic E-state index is 0.320. The number of benzene rings is 1. The molecule has 6 heteroatoms. The molecule has 88 valence electrons. The molecule has 0 saturated heterocycles. The van der Waals surface area contributed by atoms with Crippen LogP contribution in [0.1, 0.15) is 5.56 Å². The van der Waals surface area contributed by atoms with Crippen molar-refractivity contribution in [1.29, 1.82) is 0 Å². The summed E-state index contributed by atoms with van der Waals surface area (Å²) in [4.78, 5) is 24.9. The number of hydrogen-bond acceptors (Lipinski definition) is 3. The van der Waals surface area contributed by atoms with Crippen molar-refractivity contribution in [3.8, 4) is 0 Å². The van der Waals surface area contributed by atoms with Crippen molar-refractivity contribution in [2.24, 2.45) is 0 Å². The molecule has 0 amide bonds. The number of nitrogens with one attached hydrogen (secondary N) is 1. The second-order valence-electron chi connectivity index (χ2n) is 3.61. The highest BCUT2D eigenvalue weighted by molar-refractivity contribution is 9.10. The molecule has 0 aliphatic rings. The van der Waals surface area contributed by atoms with Crippen molar-refractivity contribution in [1.82, 2.24) is 9.55 Å². The van der Waals surface area contributed by atoms with Crippen LogP contribution in [0.3, 0.4) is 0 Å². The molecule has 1 aromatic carbocycles. The van der Waals surface area contributed by atoms with Gasteiger partial charge in [0.15, 0.2) is 0 Å². The number of rotatable bonds is 2. The Morgan fingerprint density at radius 3 is 2.82 bits per heavy atom. The molecule has 0 aliphatic carbocycles. The number of aromatic amines is 1. The Labute approximate surface area is 105 Å². The van der Waals surface area contributed by atoms with Crippen LogP contribution in [-0.2, 0) is 6.54 Å². The van der Waals surface area contributed by atoms with Crippen LogP contribution in [0.2, 0.25) is 0 Å². The third kappa shape index (κ3) is 2.65. The van der Waals surface area contributed by atoms with Crippen molar-refractivity contribution in [3.05, 3.63) is 61.3 Å². The number of halogens is 1. The number of anilines is 1. The average Bonchev–Trinajstić information content (AvgIpc) is 2.26. The van der Waals surface area contributed by atoms with Crippen LogP contribution >= 0.6 is 15.9 Å². The quantitative estimate of drug-likeness (QED) is 0.809. The summed E-state index contributed by atoms with van der Waals surface area (Å²) in [7, 11) is 0. The molecule has 3 N–H and O–H groups in total. The van der Waals surface area contributed by atoms with Gasteiger partial charge < -0.3 is 5.73 Å². The van der Waals surface area contributed by atoms with E-state index in [2.05, 4.69) is 20.9 Å². The Kier molecular flexibility index (Phi) is 3.14. The highest BCUT2D eigenvalue weighted by Gasteiger charge is 2.02. The van der Waals surface area contributed by atoms with E-state index in [4.69, 9.17) is 5.73 Å². The fourth-order valence-corrected chi connectivity index (χ4v) is 1.83. The van der Waals surface area contributed by atoms with Gasteiger partial charge in [0, 0.05) is 11.9 Å². The van der Waals surface area contributed by atoms with E-state index in [0.717, 1.165) is 5.56 Å². The highest BCUT2D eigenvalue weighted by Crippen LogP contribution is 2.08. The molecule has 0 atom stereocenters. The molecule has 17 heavy (non-hydrogen) atoms. The SMILES string of the molecule is Nc1cccc(Cn2cc(Br)c(=O)[nH]c2=O)c1. The Bertz CT molecular complexity index is 660. The lowest BCUT2D eigenvalue weighted by Crippen LogP contribution is -2.30. The van der Waals surface area contributed by atoms with E-state index >= 15 is 0 Å². The molecule has 0 spiro atoms. The largest absolute Gasteiger partial charge is 0.399 e. The van der Waals surface area contributed by atoms with Crippen LogP contribution in [0, 0.1) is 0 Å². The van der Waals surface area contributed by atoms with Gasteiger partial charge in [-0.15, -0.1) is 0 Å². The first-order chi connectivity index (χ1) is 8.06. The van der Waals surface area contributed by atoms with Crippen LogP contribution in [0.4, 0.5) is 5.69 Å². The molecule has 0 bridgehead atoms. The molecule has 0 unspecified atom stereocenters. The lowest BCUT2D eigenvalue weighted by atomic mass is 10.2. The standard InChI is InChI=1S/C11H10BrN3O2/c12-9-6-15(11(17)14-10(9)16)5-7-2-1-3-8(13)4-7/h1-4,6H,5,13H2,(H,14,16,17). The van der Waals surface area contributed by atoms with Crippen molar-refractivity contribution in [2.75, 3.05) is 5.73 Å². The minimum Gasteiger partial charge on any atom is -0.399 e. The Morgan fingerprint density at radius 1 is 1.35 bits per heavy atom. The van der Waals surface area contributed by atoms with Crippen LogP contribution in [-0.4, -0.2) is 9.55 Å². The fourth-order valence-electron chi connectivity index (χ4n) is 1.49.